The minimum absolute atomic E-state index is 0.0648. The largest absolute Gasteiger partial charge is 0.383 e. The van der Waals surface area contributed by atoms with Crippen LogP contribution in [0.4, 0.5) is 10.1 Å². The summed E-state index contributed by atoms with van der Waals surface area (Å²) >= 11 is 0. The second kappa shape index (κ2) is 6.76. The van der Waals surface area contributed by atoms with Crippen LogP contribution in [0.5, 0.6) is 0 Å². The van der Waals surface area contributed by atoms with Gasteiger partial charge in [0, 0.05) is 18.9 Å². The fourth-order valence-corrected chi connectivity index (χ4v) is 1.67. The fourth-order valence-electron chi connectivity index (χ4n) is 1.67. The topological polar surface area (TPSA) is 73.2 Å². The predicted octanol–water partition coefficient (Wildman–Crippen LogP) is 1.28. The van der Waals surface area contributed by atoms with Gasteiger partial charge < -0.3 is 10.1 Å². The second-order valence-corrected chi connectivity index (χ2v) is 4.24. The van der Waals surface area contributed by atoms with Gasteiger partial charge in [0.2, 0.25) is 0 Å². The number of nitrogens with one attached hydrogen (secondary N) is 1. The number of hydrogen-bond acceptors (Lipinski definition) is 4. The quantitative estimate of drug-likeness (QED) is 0.900. The van der Waals surface area contributed by atoms with Gasteiger partial charge in [0.05, 0.1) is 13.2 Å². The molecule has 1 heterocycles. The molecule has 1 N–H and O–H groups in total. The van der Waals surface area contributed by atoms with Gasteiger partial charge in [-0.1, -0.05) is 6.07 Å². The Morgan fingerprint density at radius 3 is 2.90 bits per heavy atom. The summed E-state index contributed by atoms with van der Waals surface area (Å²) in [5.41, 5.74) is 0.0563. The number of benzene rings is 1. The van der Waals surface area contributed by atoms with E-state index in [9.17, 15) is 14.0 Å². The highest BCUT2D eigenvalue weighted by molar-refractivity contribution is 6.02. The highest BCUT2D eigenvalue weighted by Crippen LogP contribution is 2.10. The van der Waals surface area contributed by atoms with E-state index in [0.29, 0.717) is 12.3 Å². The van der Waals surface area contributed by atoms with Crippen molar-refractivity contribution in [2.75, 3.05) is 19.0 Å². The molecule has 2 aromatic rings. The zero-order valence-electron chi connectivity index (χ0n) is 11.4. The summed E-state index contributed by atoms with van der Waals surface area (Å²) in [6, 6.07) is 8.08. The predicted molar refractivity (Wildman–Crippen MR) is 74.7 cm³/mol. The van der Waals surface area contributed by atoms with E-state index in [2.05, 4.69) is 10.4 Å². The number of ether oxygens (including phenoxy) is 1. The first-order valence-electron chi connectivity index (χ1n) is 6.24. The average molecular weight is 291 g/mol. The van der Waals surface area contributed by atoms with Crippen molar-refractivity contribution in [2.45, 2.75) is 6.54 Å². The first-order chi connectivity index (χ1) is 10.1. The monoisotopic (exact) mass is 291 g/mol. The molecular formula is C14H14FN3O3. The molecule has 0 radical (unpaired) electrons. The summed E-state index contributed by atoms with van der Waals surface area (Å²) in [7, 11) is 1.51. The van der Waals surface area contributed by atoms with E-state index in [-0.39, 0.29) is 17.8 Å². The van der Waals surface area contributed by atoms with E-state index in [4.69, 9.17) is 4.74 Å². The maximum absolute atomic E-state index is 13.1. The first-order valence-corrected chi connectivity index (χ1v) is 6.24. The van der Waals surface area contributed by atoms with Crippen molar-refractivity contribution in [1.29, 1.82) is 0 Å². The molecule has 21 heavy (non-hydrogen) atoms. The Balaban J connectivity index is 2.17. The van der Waals surface area contributed by atoms with Crippen LogP contribution < -0.4 is 10.9 Å². The second-order valence-electron chi connectivity index (χ2n) is 4.24. The van der Waals surface area contributed by atoms with Gasteiger partial charge in [-0.15, -0.1) is 0 Å². The average Bonchev–Trinajstić information content (AvgIpc) is 2.46. The highest BCUT2D eigenvalue weighted by Gasteiger charge is 2.10. The van der Waals surface area contributed by atoms with Crippen LogP contribution in [0.1, 0.15) is 10.5 Å². The van der Waals surface area contributed by atoms with E-state index in [1.807, 2.05) is 0 Å². The van der Waals surface area contributed by atoms with Crippen LogP contribution >= 0.6 is 0 Å². The zero-order valence-corrected chi connectivity index (χ0v) is 11.4. The highest BCUT2D eigenvalue weighted by atomic mass is 19.1. The van der Waals surface area contributed by atoms with Crippen molar-refractivity contribution >= 4 is 11.6 Å². The molecule has 6 nitrogen and oxygen atoms in total. The normalized spacial score (nSPS) is 10.4. The maximum Gasteiger partial charge on any atom is 0.276 e. The molecule has 1 aromatic carbocycles. The molecule has 0 atom stereocenters. The molecule has 0 bridgehead atoms. The van der Waals surface area contributed by atoms with Gasteiger partial charge in [0.15, 0.2) is 0 Å². The molecule has 0 unspecified atom stereocenters. The molecule has 1 aromatic heterocycles. The maximum atomic E-state index is 13.1. The number of methoxy groups -OCH3 is 1. The molecule has 0 aliphatic carbocycles. The third-order valence-corrected chi connectivity index (χ3v) is 2.69. The van der Waals surface area contributed by atoms with E-state index < -0.39 is 11.7 Å². The van der Waals surface area contributed by atoms with Crippen molar-refractivity contribution in [1.82, 2.24) is 9.78 Å². The van der Waals surface area contributed by atoms with Gasteiger partial charge in [-0.2, -0.15) is 5.10 Å². The number of amides is 1. The number of halogens is 1. The molecule has 0 fully saturated rings. The van der Waals surface area contributed by atoms with E-state index >= 15 is 0 Å². The fraction of sp³-hybridized carbons (Fsp3) is 0.214. The molecule has 110 valence electrons. The summed E-state index contributed by atoms with van der Waals surface area (Å²) in [4.78, 5) is 23.6. The zero-order chi connectivity index (χ0) is 15.2. The van der Waals surface area contributed by atoms with Gasteiger partial charge in [0.1, 0.15) is 11.5 Å². The Morgan fingerprint density at radius 1 is 1.38 bits per heavy atom. The summed E-state index contributed by atoms with van der Waals surface area (Å²) in [6.07, 6.45) is 0. The molecular weight excluding hydrogens is 277 g/mol. The number of carbonyl (C=O) groups excluding carboxylic acids is 1. The first kappa shape index (κ1) is 14.9. The lowest BCUT2D eigenvalue weighted by Crippen LogP contribution is -2.27. The molecule has 0 saturated heterocycles. The Bertz CT molecular complexity index is 700. The minimum atomic E-state index is -0.522. The van der Waals surface area contributed by atoms with E-state index in [1.54, 1.807) is 6.07 Å². The van der Waals surface area contributed by atoms with Crippen LogP contribution in [0.15, 0.2) is 41.2 Å². The van der Waals surface area contributed by atoms with E-state index in [1.165, 1.54) is 37.4 Å². The number of anilines is 1. The van der Waals surface area contributed by atoms with Crippen LogP contribution in [0, 0.1) is 5.82 Å². The SMILES string of the molecule is COCCn1nc(C(=O)Nc2cccc(F)c2)ccc1=O. The van der Waals surface area contributed by atoms with Gasteiger partial charge >= 0.3 is 0 Å². The third kappa shape index (κ3) is 3.96. The Kier molecular flexibility index (Phi) is 4.78. The Labute approximate surface area is 120 Å². The summed E-state index contributed by atoms with van der Waals surface area (Å²) < 4.78 is 19.1. The smallest absolute Gasteiger partial charge is 0.276 e. The van der Waals surface area contributed by atoms with Crippen LogP contribution in [-0.2, 0) is 11.3 Å². The Hall–Kier alpha value is -2.54. The van der Waals surface area contributed by atoms with Gasteiger partial charge in [0.25, 0.3) is 11.5 Å². The third-order valence-electron chi connectivity index (χ3n) is 2.69. The number of rotatable bonds is 5. The van der Waals surface area contributed by atoms with Crippen molar-refractivity contribution in [3.63, 3.8) is 0 Å². The molecule has 0 aliphatic heterocycles. The lowest BCUT2D eigenvalue weighted by molar-refractivity contribution is 0.101. The number of nitrogens with zero attached hydrogens (tertiary/aromatic N) is 2. The molecule has 0 saturated carbocycles. The van der Waals surface area contributed by atoms with Crippen molar-refractivity contribution in [3.05, 3.63) is 58.3 Å². The van der Waals surface area contributed by atoms with Gasteiger partial charge in [-0.05, 0) is 24.3 Å². The molecule has 1 amide bonds. The van der Waals surface area contributed by atoms with Gasteiger partial charge in [-0.3, -0.25) is 9.59 Å². The number of aromatic nitrogens is 2. The molecule has 0 aliphatic rings. The Morgan fingerprint density at radius 2 is 2.19 bits per heavy atom. The lowest BCUT2D eigenvalue weighted by atomic mass is 10.3. The summed E-state index contributed by atoms with van der Waals surface area (Å²) in [5.74, 6) is -0.974. The van der Waals surface area contributed by atoms with Gasteiger partial charge in [-0.25, -0.2) is 9.07 Å². The van der Waals surface area contributed by atoms with Crippen LogP contribution in [-0.4, -0.2) is 29.4 Å². The van der Waals surface area contributed by atoms with Crippen molar-refractivity contribution in [2.24, 2.45) is 0 Å². The molecule has 7 heteroatoms. The number of hydrogen-bond donors (Lipinski definition) is 1. The van der Waals surface area contributed by atoms with Crippen LogP contribution in [0.25, 0.3) is 0 Å². The van der Waals surface area contributed by atoms with E-state index in [0.717, 1.165) is 4.68 Å². The number of carbonyl (C=O) groups is 1. The summed E-state index contributed by atoms with van der Waals surface area (Å²) in [5, 5.41) is 6.46. The van der Waals surface area contributed by atoms with Crippen molar-refractivity contribution in [3.8, 4) is 0 Å². The standard InChI is InChI=1S/C14H14FN3O3/c1-21-8-7-18-13(19)6-5-12(17-18)14(20)16-11-4-2-3-10(15)9-11/h2-6,9H,7-8H2,1H3,(H,16,20). The lowest BCUT2D eigenvalue weighted by Gasteiger charge is -2.07. The summed E-state index contributed by atoms with van der Waals surface area (Å²) in [6.45, 7) is 0.554. The molecule has 0 spiro atoms. The van der Waals surface area contributed by atoms with Crippen LogP contribution in [0.2, 0.25) is 0 Å². The van der Waals surface area contributed by atoms with Crippen LogP contribution in [0.3, 0.4) is 0 Å². The van der Waals surface area contributed by atoms with Crippen molar-refractivity contribution < 1.29 is 13.9 Å². The minimum Gasteiger partial charge on any atom is -0.383 e. The molecule has 2 rings (SSSR count).